The van der Waals surface area contributed by atoms with Crippen molar-refractivity contribution in [3.05, 3.63) is 75.7 Å². The Kier molecular flexibility index (Phi) is 4.81. The van der Waals surface area contributed by atoms with Crippen LogP contribution in [0.25, 0.3) is 21.6 Å². The third-order valence-electron chi connectivity index (χ3n) is 5.78. The van der Waals surface area contributed by atoms with Crippen molar-refractivity contribution < 1.29 is 0 Å². The third kappa shape index (κ3) is 3.66. The number of aryl methyl sites for hydroxylation is 1. The van der Waals surface area contributed by atoms with Crippen molar-refractivity contribution in [3.8, 4) is 10.6 Å². The molecular formula is C23H24N4OS. The molecule has 0 saturated carbocycles. The number of aromatic amines is 1. The Balaban J connectivity index is 1.25. The highest BCUT2D eigenvalue weighted by molar-refractivity contribution is 7.13. The fourth-order valence-corrected chi connectivity index (χ4v) is 5.03. The van der Waals surface area contributed by atoms with Gasteiger partial charge in [0, 0.05) is 36.6 Å². The van der Waals surface area contributed by atoms with Gasteiger partial charge in [0.15, 0.2) is 0 Å². The van der Waals surface area contributed by atoms with Crippen LogP contribution in [0.2, 0.25) is 0 Å². The van der Waals surface area contributed by atoms with E-state index >= 15 is 0 Å². The second-order valence-electron chi connectivity index (χ2n) is 7.83. The number of piperidine rings is 1. The molecule has 0 spiro atoms. The Bertz CT molecular complexity index is 1180. The van der Waals surface area contributed by atoms with Crippen molar-refractivity contribution in [3.63, 3.8) is 0 Å². The molecule has 0 amide bonds. The lowest BCUT2D eigenvalue weighted by Crippen LogP contribution is -2.36. The second-order valence-corrected chi connectivity index (χ2v) is 8.69. The summed E-state index contributed by atoms with van der Waals surface area (Å²) in [5.74, 6) is 0. The molecule has 1 fully saturated rings. The van der Waals surface area contributed by atoms with Crippen LogP contribution in [0.5, 0.6) is 0 Å². The fraction of sp³-hybridized carbons (Fsp3) is 0.304. The molecule has 1 aliphatic rings. The van der Waals surface area contributed by atoms with Crippen LogP contribution in [-0.4, -0.2) is 32.5 Å². The predicted octanol–water partition coefficient (Wildman–Crippen LogP) is 4.60. The molecule has 29 heavy (non-hydrogen) atoms. The monoisotopic (exact) mass is 404 g/mol. The quantitative estimate of drug-likeness (QED) is 0.541. The topological polar surface area (TPSA) is 53.9 Å². The maximum Gasteiger partial charge on any atom is 0.326 e. The molecule has 1 aliphatic heterocycles. The van der Waals surface area contributed by atoms with Gasteiger partial charge in [-0.1, -0.05) is 42.0 Å². The van der Waals surface area contributed by atoms with Crippen LogP contribution in [-0.2, 0) is 6.54 Å². The number of hydrogen-bond donors (Lipinski definition) is 1. The van der Waals surface area contributed by atoms with Gasteiger partial charge in [-0.2, -0.15) is 0 Å². The lowest BCUT2D eigenvalue weighted by molar-refractivity contribution is 0.178. The molecule has 2 aromatic heterocycles. The number of H-pyrrole nitrogens is 1. The minimum atomic E-state index is 0.00638. The molecule has 0 aliphatic carbocycles. The summed E-state index contributed by atoms with van der Waals surface area (Å²) in [5, 5.41) is 3.26. The van der Waals surface area contributed by atoms with E-state index in [0.717, 1.165) is 54.2 Å². The molecule has 2 aromatic carbocycles. The molecule has 3 heterocycles. The highest BCUT2D eigenvalue weighted by Gasteiger charge is 2.24. The Morgan fingerprint density at radius 1 is 1.10 bits per heavy atom. The van der Waals surface area contributed by atoms with Crippen molar-refractivity contribution in [1.82, 2.24) is 19.4 Å². The lowest BCUT2D eigenvalue weighted by atomic mass is 10.0. The number of benzene rings is 2. The molecule has 0 atom stereocenters. The van der Waals surface area contributed by atoms with Gasteiger partial charge in [-0.3, -0.25) is 9.47 Å². The van der Waals surface area contributed by atoms with Crippen LogP contribution in [0.15, 0.2) is 58.7 Å². The predicted molar refractivity (Wildman–Crippen MR) is 118 cm³/mol. The first-order chi connectivity index (χ1) is 14.2. The first kappa shape index (κ1) is 18.3. The molecule has 1 N–H and O–H groups in total. The summed E-state index contributed by atoms with van der Waals surface area (Å²) in [6.45, 7) is 4.94. The first-order valence-electron chi connectivity index (χ1n) is 10.1. The Morgan fingerprint density at radius 2 is 1.86 bits per heavy atom. The SMILES string of the molecule is Cc1ccc(-c2nc(CN3CCC(n4c(=O)[nH]c5ccccc54)CC3)cs2)cc1. The standard InChI is InChI=1S/C23H24N4OS/c1-16-6-8-17(9-7-16)22-24-18(15-29-22)14-26-12-10-19(11-13-26)27-21-5-3-2-4-20(21)25-23(27)28/h2-9,15,19H,10-14H2,1H3,(H,25,28). The summed E-state index contributed by atoms with van der Waals surface area (Å²) >= 11 is 1.71. The number of para-hydroxylation sites is 2. The van der Waals surface area contributed by atoms with Gasteiger partial charge in [-0.15, -0.1) is 11.3 Å². The summed E-state index contributed by atoms with van der Waals surface area (Å²) < 4.78 is 1.95. The molecule has 0 unspecified atom stereocenters. The van der Waals surface area contributed by atoms with Crippen LogP contribution >= 0.6 is 11.3 Å². The molecule has 5 rings (SSSR count). The largest absolute Gasteiger partial charge is 0.326 e. The summed E-state index contributed by atoms with van der Waals surface area (Å²) in [6.07, 6.45) is 1.97. The number of aromatic nitrogens is 3. The zero-order valence-corrected chi connectivity index (χ0v) is 17.3. The van der Waals surface area contributed by atoms with E-state index in [9.17, 15) is 4.79 Å². The maximum atomic E-state index is 12.5. The molecule has 5 nitrogen and oxygen atoms in total. The van der Waals surface area contributed by atoms with E-state index in [-0.39, 0.29) is 11.7 Å². The van der Waals surface area contributed by atoms with Crippen molar-refractivity contribution in [2.24, 2.45) is 0 Å². The lowest BCUT2D eigenvalue weighted by Gasteiger charge is -2.32. The molecule has 0 radical (unpaired) electrons. The zero-order chi connectivity index (χ0) is 19.8. The number of rotatable bonds is 4. The van der Waals surface area contributed by atoms with Crippen LogP contribution in [0, 0.1) is 6.92 Å². The summed E-state index contributed by atoms with van der Waals surface area (Å²) in [6, 6.07) is 16.8. The van der Waals surface area contributed by atoms with Gasteiger partial charge in [0.05, 0.1) is 16.7 Å². The normalized spacial score (nSPS) is 15.9. The van der Waals surface area contributed by atoms with E-state index in [0.29, 0.717) is 0 Å². The van der Waals surface area contributed by atoms with Crippen molar-refractivity contribution in [2.75, 3.05) is 13.1 Å². The number of nitrogens with one attached hydrogen (secondary N) is 1. The smallest absolute Gasteiger partial charge is 0.306 e. The van der Waals surface area contributed by atoms with Gasteiger partial charge in [-0.25, -0.2) is 9.78 Å². The number of nitrogens with zero attached hydrogens (tertiary/aromatic N) is 3. The second kappa shape index (κ2) is 7.61. The van der Waals surface area contributed by atoms with E-state index in [1.165, 1.54) is 11.1 Å². The minimum absolute atomic E-state index is 0.00638. The van der Waals surface area contributed by atoms with Crippen LogP contribution in [0.3, 0.4) is 0 Å². The maximum absolute atomic E-state index is 12.5. The fourth-order valence-electron chi connectivity index (χ4n) is 4.21. The van der Waals surface area contributed by atoms with Gasteiger partial charge in [-0.05, 0) is 31.9 Å². The van der Waals surface area contributed by atoms with Crippen LogP contribution in [0.1, 0.15) is 30.1 Å². The van der Waals surface area contributed by atoms with E-state index < -0.39 is 0 Å². The molecule has 4 aromatic rings. The van der Waals surface area contributed by atoms with Gasteiger partial charge in [0.2, 0.25) is 0 Å². The van der Waals surface area contributed by atoms with Gasteiger partial charge in [0.1, 0.15) is 5.01 Å². The Hall–Kier alpha value is -2.70. The van der Waals surface area contributed by atoms with Crippen molar-refractivity contribution in [1.29, 1.82) is 0 Å². The highest BCUT2D eigenvalue weighted by Crippen LogP contribution is 2.28. The van der Waals surface area contributed by atoms with E-state index in [1.54, 1.807) is 11.3 Å². The summed E-state index contributed by atoms with van der Waals surface area (Å²) in [5.41, 5.74) is 5.52. The summed E-state index contributed by atoms with van der Waals surface area (Å²) in [4.78, 5) is 22.7. The van der Waals surface area contributed by atoms with Gasteiger partial charge in [0.25, 0.3) is 0 Å². The molecule has 6 heteroatoms. The molecule has 0 bridgehead atoms. The van der Waals surface area contributed by atoms with Gasteiger partial charge >= 0.3 is 5.69 Å². The molecular weight excluding hydrogens is 380 g/mol. The number of thiazole rings is 1. The third-order valence-corrected chi connectivity index (χ3v) is 6.72. The number of imidazole rings is 1. The van der Waals surface area contributed by atoms with Crippen molar-refractivity contribution >= 4 is 22.4 Å². The minimum Gasteiger partial charge on any atom is -0.306 e. The Labute approximate surface area is 173 Å². The number of hydrogen-bond acceptors (Lipinski definition) is 4. The van der Waals surface area contributed by atoms with E-state index in [2.05, 4.69) is 46.5 Å². The van der Waals surface area contributed by atoms with Gasteiger partial charge < -0.3 is 4.98 Å². The average Bonchev–Trinajstić information content (AvgIpc) is 3.33. The average molecular weight is 405 g/mol. The Morgan fingerprint density at radius 3 is 2.66 bits per heavy atom. The molecule has 1 saturated heterocycles. The molecule has 148 valence electrons. The van der Waals surface area contributed by atoms with E-state index in [1.807, 2.05) is 28.8 Å². The van der Waals surface area contributed by atoms with Crippen LogP contribution < -0.4 is 5.69 Å². The van der Waals surface area contributed by atoms with E-state index in [4.69, 9.17) is 4.98 Å². The van der Waals surface area contributed by atoms with Crippen molar-refractivity contribution in [2.45, 2.75) is 32.4 Å². The summed E-state index contributed by atoms with van der Waals surface area (Å²) in [7, 11) is 0. The highest BCUT2D eigenvalue weighted by atomic mass is 32.1. The number of fused-ring (bicyclic) bond motifs is 1. The first-order valence-corrected chi connectivity index (χ1v) is 11.0. The zero-order valence-electron chi connectivity index (χ0n) is 16.5. The van der Waals surface area contributed by atoms with Crippen LogP contribution in [0.4, 0.5) is 0 Å². The number of likely N-dealkylation sites (tertiary alicyclic amines) is 1.